The Balaban J connectivity index is 1.04. The van der Waals surface area contributed by atoms with Crippen molar-refractivity contribution in [3.63, 3.8) is 0 Å². The number of benzene rings is 9. The van der Waals surface area contributed by atoms with Gasteiger partial charge in [-0.2, -0.15) is 0 Å². The van der Waals surface area contributed by atoms with Crippen LogP contribution in [0, 0.1) is 0 Å². The number of allylic oxidation sites excluding steroid dienone is 4. The van der Waals surface area contributed by atoms with Crippen molar-refractivity contribution in [1.82, 2.24) is 0 Å². The lowest BCUT2D eigenvalue weighted by molar-refractivity contribution is 0.638. The number of furan rings is 2. The van der Waals surface area contributed by atoms with Crippen molar-refractivity contribution in [3.8, 4) is 22.3 Å². The minimum absolute atomic E-state index is 0.0400. The molecule has 2 aromatic heterocycles. The van der Waals surface area contributed by atoms with E-state index >= 15 is 0 Å². The van der Waals surface area contributed by atoms with E-state index in [1.54, 1.807) is 0 Å². The van der Waals surface area contributed by atoms with Gasteiger partial charge in [0, 0.05) is 33.0 Å². The van der Waals surface area contributed by atoms with Crippen LogP contribution in [0.1, 0.15) is 23.5 Å². The highest BCUT2D eigenvalue weighted by atomic mass is 16.3. The zero-order valence-corrected chi connectivity index (χ0v) is 30.5. The Kier molecular flexibility index (Phi) is 6.79. The molecule has 1 unspecified atom stereocenters. The van der Waals surface area contributed by atoms with Gasteiger partial charge >= 0.3 is 0 Å². The van der Waals surface area contributed by atoms with Gasteiger partial charge in [-0.1, -0.05) is 158 Å². The summed E-state index contributed by atoms with van der Waals surface area (Å²) in [7, 11) is 0. The smallest absolute Gasteiger partial charge is 0.142 e. The predicted molar refractivity (Wildman–Crippen MR) is 235 cm³/mol. The lowest BCUT2D eigenvalue weighted by Crippen LogP contribution is -2.03. The molecular weight excluding hydrogens is 681 g/mol. The van der Waals surface area contributed by atoms with Crippen LogP contribution in [-0.4, -0.2) is 0 Å². The van der Waals surface area contributed by atoms with Crippen LogP contribution >= 0.6 is 0 Å². The molecule has 0 radical (unpaired) electrons. The minimum Gasteiger partial charge on any atom is -0.456 e. The van der Waals surface area contributed by atoms with E-state index in [-0.39, 0.29) is 5.92 Å². The lowest BCUT2D eigenvalue weighted by atomic mass is 9.79. The second-order valence-electron chi connectivity index (χ2n) is 15.1. The largest absolute Gasteiger partial charge is 0.456 e. The zero-order valence-electron chi connectivity index (χ0n) is 30.5. The van der Waals surface area contributed by atoms with Crippen molar-refractivity contribution in [2.45, 2.75) is 12.3 Å². The molecule has 0 N–H and O–H groups in total. The molecule has 56 heavy (non-hydrogen) atoms. The fraction of sp³-hybridized carbons (Fsp3) is 0.0370. The molecule has 0 saturated carbocycles. The highest BCUT2D eigenvalue weighted by Crippen LogP contribution is 2.49. The van der Waals surface area contributed by atoms with Gasteiger partial charge in [-0.3, -0.25) is 0 Å². The monoisotopic (exact) mass is 714 g/mol. The fourth-order valence-corrected chi connectivity index (χ4v) is 9.47. The minimum atomic E-state index is 0.0400. The van der Waals surface area contributed by atoms with Crippen molar-refractivity contribution in [1.29, 1.82) is 0 Å². The number of hydrogen-bond donors (Lipinski definition) is 0. The molecule has 0 spiro atoms. The fourth-order valence-electron chi connectivity index (χ4n) is 9.47. The van der Waals surface area contributed by atoms with Gasteiger partial charge < -0.3 is 8.83 Å². The van der Waals surface area contributed by atoms with E-state index in [2.05, 4.69) is 176 Å². The topological polar surface area (TPSA) is 26.3 Å². The summed E-state index contributed by atoms with van der Waals surface area (Å²) >= 11 is 0. The van der Waals surface area contributed by atoms with Crippen molar-refractivity contribution in [2.75, 3.05) is 0 Å². The Bertz CT molecular complexity index is 3320. The summed E-state index contributed by atoms with van der Waals surface area (Å²) in [6, 6.07) is 61.3. The van der Waals surface area contributed by atoms with Crippen molar-refractivity contribution >= 4 is 81.8 Å². The third kappa shape index (κ3) is 4.69. The molecule has 262 valence electrons. The van der Waals surface area contributed by atoms with Crippen LogP contribution in [0.2, 0.25) is 0 Å². The van der Waals surface area contributed by atoms with Crippen LogP contribution in [0.15, 0.2) is 197 Å². The molecule has 1 atom stereocenters. The Morgan fingerprint density at radius 2 is 0.929 bits per heavy atom. The van der Waals surface area contributed by atoms with E-state index in [1.165, 1.54) is 65.7 Å². The highest BCUT2D eigenvalue weighted by Gasteiger charge is 2.28. The standard InChI is InChI=1S/C54H34O2/c1-2-14-34-29-36(28-27-33(34)13-1)35-15-11-16-37(30-35)50-42-21-3-5-23-44(42)51(45-24-6-4-22-43(45)50)38-17-12-18-39(31-38)52-53-46(40-19-7-9-25-48(40)55-53)32-47-41-20-8-10-26-49(41)56-54(47)52/h1-30,32,39H,31H2. The van der Waals surface area contributed by atoms with Gasteiger partial charge in [0.05, 0.1) is 0 Å². The van der Waals surface area contributed by atoms with Crippen LogP contribution in [-0.2, 0) is 0 Å². The van der Waals surface area contributed by atoms with E-state index in [1.807, 2.05) is 12.1 Å². The molecule has 2 heterocycles. The average molecular weight is 715 g/mol. The SMILES string of the molecule is C1=CC(c2c3oc4ccccc4c3cc3c2oc2ccccc23)CC(c2c3ccccc3c(-c3cccc(-c4ccc5ccccc5c4)c3)c3ccccc23)=C1. The van der Waals surface area contributed by atoms with Crippen molar-refractivity contribution < 1.29 is 8.83 Å². The van der Waals surface area contributed by atoms with Crippen molar-refractivity contribution in [2.24, 2.45) is 0 Å². The Morgan fingerprint density at radius 1 is 0.393 bits per heavy atom. The maximum absolute atomic E-state index is 6.74. The normalized spacial score (nSPS) is 14.6. The molecular formula is C54H34O2. The number of hydrogen-bond acceptors (Lipinski definition) is 2. The lowest BCUT2D eigenvalue weighted by Gasteiger charge is -2.24. The summed E-state index contributed by atoms with van der Waals surface area (Å²) in [5, 5.41) is 12.0. The second kappa shape index (κ2) is 12.2. The molecule has 0 amide bonds. The summed E-state index contributed by atoms with van der Waals surface area (Å²) in [6.07, 6.45) is 7.70. The molecule has 0 fully saturated rings. The summed E-state index contributed by atoms with van der Waals surface area (Å²) in [6.45, 7) is 0. The first kappa shape index (κ1) is 31.2. The first-order valence-electron chi connectivity index (χ1n) is 19.4. The molecule has 0 bridgehead atoms. The van der Waals surface area contributed by atoms with E-state index in [0.29, 0.717) is 0 Å². The van der Waals surface area contributed by atoms with Crippen LogP contribution < -0.4 is 0 Å². The third-order valence-electron chi connectivity index (χ3n) is 12.0. The van der Waals surface area contributed by atoms with E-state index in [4.69, 9.17) is 8.83 Å². The van der Waals surface area contributed by atoms with Crippen molar-refractivity contribution in [3.05, 3.63) is 199 Å². The quantitative estimate of drug-likeness (QED) is 0.170. The van der Waals surface area contributed by atoms with Crippen LogP contribution in [0.4, 0.5) is 0 Å². The first-order valence-corrected chi connectivity index (χ1v) is 19.4. The molecule has 11 aromatic rings. The Morgan fingerprint density at radius 3 is 1.59 bits per heavy atom. The molecule has 0 aliphatic heterocycles. The van der Waals surface area contributed by atoms with Gasteiger partial charge in [0.15, 0.2) is 0 Å². The van der Waals surface area contributed by atoms with Crippen LogP contribution in [0.3, 0.4) is 0 Å². The van der Waals surface area contributed by atoms with Crippen LogP contribution in [0.25, 0.3) is 104 Å². The van der Waals surface area contributed by atoms with E-state index in [0.717, 1.165) is 55.9 Å². The number of rotatable bonds is 4. The van der Waals surface area contributed by atoms with Gasteiger partial charge in [-0.15, -0.1) is 0 Å². The molecule has 9 aromatic carbocycles. The molecule has 2 nitrogen and oxygen atoms in total. The van der Waals surface area contributed by atoms with Gasteiger partial charge in [-0.05, 0) is 102 Å². The first-order chi connectivity index (χ1) is 27.8. The molecule has 1 aliphatic carbocycles. The summed E-state index contributed by atoms with van der Waals surface area (Å²) in [5.74, 6) is 0.0400. The van der Waals surface area contributed by atoms with Gasteiger partial charge in [0.1, 0.15) is 22.3 Å². The molecule has 2 heteroatoms. The molecule has 12 rings (SSSR count). The van der Waals surface area contributed by atoms with Gasteiger partial charge in [-0.25, -0.2) is 0 Å². The molecule has 1 aliphatic rings. The highest BCUT2D eigenvalue weighted by molar-refractivity contribution is 6.20. The molecule has 0 saturated heterocycles. The van der Waals surface area contributed by atoms with Crippen LogP contribution in [0.5, 0.6) is 0 Å². The van der Waals surface area contributed by atoms with E-state index in [9.17, 15) is 0 Å². The summed E-state index contributed by atoms with van der Waals surface area (Å²) in [4.78, 5) is 0. The summed E-state index contributed by atoms with van der Waals surface area (Å²) < 4.78 is 13.5. The maximum Gasteiger partial charge on any atom is 0.142 e. The predicted octanol–water partition coefficient (Wildman–Crippen LogP) is 15.4. The average Bonchev–Trinajstić information content (AvgIpc) is 3.82. The maximum atomic E-state index is 6.74. The zero-order chi connectivity index (χ0) is 36.7. The number of para-hydroxylation sites is 2. The Labute approximate surface area is 323 Å². The second-order valence-corrected chi connectivity index (χ2v) is 15.1. The van der Waals surface area contributed by atoms with Gasteiger partial charge in [0.25, 0.3) is 0 Å². The van der Waals surface area contributed by atoms with Gasteiger partial charge in [0.2, 0.25) is 0 Å². The third-order valence-corrected chi connectivity index (χ3v) is 12.0. The Hall–Kier alpha value is -7.16. The van der Waals surface area contributed by atoms with E-state index < -0.39 is 0 Å². The number of fused-ring (bicyclic) bond motifs is 9. The summed E-state index contributed by atoms with van der Waals surface area (Å²) in [5.41, 5.74) is 12.2.